The van der Waals surface area contributed by atoms with Crippen LogP contribution in [0.25, 0.3) is 11.4 Å². The molecule has 0 radical (unpaired) electrons. The first-order valence-electron chi connectivity index (χ1n) is 5.44. The van der Waals surface area contributed by atoms with E-state index in [2.05, 4.69) is 15.5 Å². The van der Waals surface area contributed by atoms with Crippen LogP contribution in [0.4, 0.5) is 0 Å². The van der Waals surface area contributed by atoms with Crippen LogP contribution in [0.5, 0.6) is 0 Å². The normalized spacial score (nSPS) is 12.4. The molecular weight excluding hydrogens is 291 g/mol. The number of hydrogen-bond acceptors (Lipinski definition) is 4. The fourth-order valence-electron chi connectivity index (χ4n) is 1.68. The van der Waals surface area contributed by atoms with Crippen LogP contribution in [-0.2, 0) is 4.79 Å². The number of halogens is 2. The van der Waals surface area contributed by atoms with Crippen LogP contribution in [0.2, 0.25) is 10.0 Å². The van der Waals surface area contributed by atoms with E-state index in [0.29, 0.717) is 21.4 Å². The third kappa shape index (κ3) is 2.85. The number of nitrogens with zero attached hydrogens (tertiary/aromatic N) is 4. The summed E-state index contributed by atoms with van der Waals surface area (Å²) in [5, 5.41) is 20.8. The first-order chi connectivity index (χ1) is 9.00. The van der Waals surface area contributed by atoms with Crippen LogP contribution in [0.15, 0.2) is 18.2 Å². The highest BCUT2D eigenvalue weighted by Crippen LogP contribution is 2.33. The topological polar surface area (TPSA) is 80.9 Å². The van der Waals surface area contributed by atoms with Gasteiger partial charge in [0.25, 0.3) is 0 Å². The van der Waals surface area contributed by atoms with Crippen molar-refractivity contribution in [2.75, 3.05) is 0 Å². The number of benzene rings is 1. The Kier molecular flexibility index (Phi) is 4.01. The van der Waals surface area contributed by atoms with Crippen LogP contribution in [0, 0.1) is 0 Å². The minimum atomic E-state index is -0.925. The highest BCUT2D eigenvalue weighted by Gasteiger charge is 2.19. The molecule has 0 aliphatic heterocycles. The molecule has 100 valence electrons. The standard InChI is InChI=1S/C11H10Cl2N4O2/c1-6(5-9(18)19)17-11(14-15-16-17)7-3-2-4-8(12)10(7)13/h2-4,6H,5H2,1H3,(H,18,19). The van der Waals surface area contributed by atoms with Crippen LogP contribution in [0.3, 0.4) is 0 Å². The highest BCUT2D eigenvalue weighted by atomic mass is 35.5. The molecule has 1 atom stereocenters. The largest absolute Gasteiger partial charge is 0.481 e. The average Bonchev–Trinajstić information content (AvgIpc) is 2.80. The lowest BCUT2D eigenvalue weighted by Crippen LogP contribution is -2.13. The molecule has 6 nitrogen and oxygen atoms in total. The maximum absolute atomic E-state index is 10.7. The molecule has 0 aliphatic carbocycles. The van der Waals surface area contributed by atoms with Gasteiger partial charge in [-0.05, 0) is 29.5 Å². The molecule has 0 spiro atoms. The molecule has 2 aromatic rings. The van der Waals surface area contributed by atoms with Crippen LogP contribution >= 0.6 is 23.2 Å². The molecule has 1 unspecified atom stereocenters. The van der Waals surface area contributed by atoms with E-state index in [9.17, 15) is 4.79 Å². The predicted molar refractivity (Wildman–Crippen MR) is 70.2 cm³/mol. The Bertz CT molecular complexity index is 614. The van der Waals surface area contributed by atoms with Crippen molar-refractivity contribution in [1.29, 1.82) is 0 Å². The number of carboxylic acids is 1. The van der Waals surface area contributed by atoms with Gasteiger partial charge in [0, 0.05) is 5.56 Å². The minimum absolute atomic E-state index is 0.0871. The summed E-state index contributed by atoms with van der Waals surface area (Å²) in [6, 6.07) is 4.72. The molecule has 0 saturated heterocycles. The van der Waals surface area contributed by atoms with Crippen LogP contribution < -0.4 is 0 Å². The Morgan fingerprint density at radius 3 is 2.89 bits per heavy atom. The third-order valence-corrected chi connectivity index (χ3v) is 3.39. The van der Waals surface area contributed by atoms with Gasteiger partial charge in [0.1, 0.15) is 0 Å². The Morgan fingerprint density at radius 1 is 1.47 bits per heavy atom. The summed E-state index contributed by atoms with van der Waals surface area (Å²) in [6.45, 7) is 1.71. The fraction of sp³-hybridized carbons (Fsp3) is 0.273. The molecule has 1 N–H and O–H groups in total. The van der Waals surface area contributed by atoms with Crippen molar-refractivity contribution in [2.24, 2.45) is 0 Å². The Hall–Kier alpha value is -1.66. The van der Waals surface area contributed by atoms with E-state index >= 15 is 0 Å². The van der Waals surface area contributed by atoms with E-state index < -0.39 is 12.0 Å². The molecule has 19 heavy (non-hydrogen) atoms. The van der Waals surface area contributed by atoms with Gasteiger partial charge in [-0.15, -0.1) is 5.10 Å². The average molecular weight is 301 g/mol. The molecule has 0 aliphatic rings. The van der Waals surface area contributed by atoms with Gasteiger partial charge in [0.15, 0.2) is 5.82 Å². The number of carboxylic acid groups (broad SMARTS) is 1. The molecule has 1 heterocycles. The lowest BCUT2D eigenvalue weighted by molar-refractivity contribution is -0.137. The van der Waals surface area contributed by atoms with Crippen molar-refractivity contribution in [3.05, 3.63) is 28.2 Å². The maximum atomic E-state index is 10.7. The van der Waals surface area contributed by atoms with Gasteiger partial charge in [-0.1, -0.05) is 29.3 Å². The summed E-state index contributed by atoms with van der Waals surface area (Å²) in [7, 11) is 0. The van der Waals surface area contributed by atoms with Gasteiger partial charge in [0.05, 0.1) is 22.5 Å². The predicted octanol–water partition coefficient (Wildman–Crippen LogP) is 2.68. The Morgan fingerprint density at radius 2 is 2.21 bits per heavy atom. The van der Waals surface area contributed by atoms with E-state index in [0.717, 1.165) is 0 Å². The molecule has 0 bridgehead atoms. The molecule has 0 fully saturated rings. The zero-order valence-electron chi connectivity index (χ0n) is 9.92. The summed E-state index contributed by atoms with van der Waals surface area (Å²) >= 11 is 12.1. The Labute approximate surface area is 118 Å². The van der Waals surface area contributed by atoms with E-state index in [1.807, 2.05) is 0 Å². The second-order valence-electron chi connectivity index (χ2n) is 4.00. The second-order valence-corrected chi connectivity index (χ2v) is 4.78. The van der Waals surface area contributed by atoms with Crippen molar-refractivity contribution in [2.45, 2.75) is 19.4 Å². The first kappa shape index (κ1) is 13.8. The van der Waals surface area contributed by atoms with E-state index in [1.165, 1.54) is 4.68 Å². The van der Waals surface area contributed by atoms with Gasteiger partial charge in [-0.25, -0.2) is 4.68 Å². The Balaban J connectivity index is 2.44. The summed E-state index contributed by atoms with van der Waals surface area (Å²) in [5.74, 6) is -0.535. The van der Waals surface area contributed by atoms with Gasteiger partial charge in [-0.3, -0.25) is 4.79 Å². The molecule has 1 aromatic heterocycles. The number of hydrogen-bond donors (Lipinski definition) is 1. The maximum Gasteiger partial charge on any atom is 0.305 e. The van der Waals surface area contributed by atoms with Crippen molar-refractivity contribution in [3.8, 4) is 11.4 Å². The summed E-state index contributed by atoms with van der Waals surface area (Å²) in [5.41, 5.74) is 0.566. The lowest BCUT2D eigenvalue weighted by Gasteiger charge is -2.12. The fourth-order valence-corrected chi connectivity index (χ4v) is 2.07. The third-order valence-electron chi connectivity index (χ3n) is 2.57. The van der Waals surface area contributed by atoms with E-state index in [1.54, 1.807) is 25.1 Å². The zero-order valence-corrected chi connectivity index (χ0v) is 11.4. The second kappa shape index (κ2) is 5.54. The monoisotopic (exact) mass is 300 g/mol. The number of tetrazole rings is 1. The quantitative estimate of drug-likeness (QED) is 0.939. The zero-order chi connectivity index (χ0) is 14.0. The van der Waals surface area contributed by atoms with E-state index in [-0.39, 0.29) is 6.42 Å². The highest BCUT2D eigenvalue weighted by molar-refractivity contribution is 6.43. The smallest absolute Gasteiger partial charge is 0.305 e. The van der Waals surface area contributed by atoms with Gasteiger partial charge >= 0.3 is 5.97 Å². The molecule has 0 saturated carbocycles. The van der Waals surface area contributed by atoms with Gasteiger partial charge in [-0.2, -0.15) is 0 Å². The molecule has 0 amide bonds. The van der Waals surface area contributed by atoms with Crippen molar-refractivity contribution in [1.82, 2.24) is 20.2 Å². The lowest BCUT2D eigenvalue weighted by atomic mass is 10.2. The van der Waals surface area contributed by atoms with Crippen molar-refractivity contribution < 1.29 is 9.90 Å². The van der Waals surface area contributed by atoms with E-state index in [4.69, 9.17) is 28.3 Å². The number of carbonyl (C=O) groups is 1. The van der Waals surface area contributed by atoms with Gasteiger partial charge in [0.2, 0.25) is 0 Å². The van der Waals surface area contributed by atoms with Gasteiger partial charge < -0.3 is 5.11 Å². The minimum Gasteiger partial charge on any atom is -0.481 e. The van der Waals surface area contributed by atoms with Crippen LogP contribution in [-0.4, -0.2) is 31.3 Å². The summed E-state index contributed by atoms with van der Waals surface area (Å²) in [4.78, 5) is 10.7. The number of rotatable bonds is 4. The summed E-state index contributed by atoms with van der Waals surface area (Å²) < 4.78 is 1.42. The molecule has 2 rings (SSSR count). The van der Waals surface area contributed by atoms with Crippen molar-refractivity contribution in [3.63, 3.8) is 0 Å². The number of aromatic nitrogens is 4. The number of aliphatic carboxylic acids is 1. The first-order valence-corrected chi connectivity index (χ1v) is 6.20. The summed E-state index contributed by atoms with van der Waals surface area (Å²) in [6.07, 6.45) is -0.0871. The van der Waals surface area contributed by atoms with Crippen LogP contribution in [0.1, 0.15) is 19.4 Å². The molecular formula is C11H10Cl2N4O2. The molecule has 1 aromatic carbocycles. The SMILES string of the molecule is CC(CC(=O)O)n1nnnc1-c1cccc(Cl)c1Cl. The van der Waals surface area contributed by atoms with Crippen molar-refractivity contribution >= 4 is 29.2 Å². The molecule has 8 heteroatoms.